The van der Waals surface area contributed by atoms with E-state index < -0.39 is 11.8 Å². The van der Waals surface area contributed by atoms with Gasteiger partial charge in [0.25, 0.3) is 0 Å². The van der Waals surface area contributed by atoms with E-state index in [-0.39, 0.29) is 6.03 Å². The van der Waals surface area contributed by atoms with E-state index in [0.717, 1.165) is 65.0 Å². The highest BCUT2D eigenvalue weighted by molar-refractivity contribution is 5.92. The molecule has 1 saturated carbocycles. The number of imidazole rings is 1. The summed E-state index contributed by atoms with van der Waals surface area (Å²) in [6.07, 6.45) is 8.48. The second-order valence-electron chi connectivity index (χ2n) is 13.0. The van der Waals surface area contributed by atoms with Gasteiger partial charge in [0, 0.05) is 30.8 Å². The van der Waals surface area contributed by atoms with Gasteiger partial charge in [-0.2, -0.15) is 0 Å². The predicted molar refractivity (Wildman–Crippen MR) is 180 cm³/mol. The number of nitrogens with zero attached hydrogens (tertiary/aromatic N) is 2. The summed E-state index contributed by atoms with van der Waals surface area (Å²) in [5.41, 5.74) is 4.88. The zero-order chi connectivity index (χ0) is 31.8. The largest absolute Gasteiger partial charge is 0.514 e. The SMILES string of the molecule is CCCCc1nc2ccc(NC(=O)NCC3CCCCC3)cc2n1Cc1ccc(-c2ccccc2OC(=O)OC(C)(C)C)cc1. The van der Waals surface area contributed by atoms with Gasteiger partial charge < -0.3 is 24.7 Å². The number of benzene rings is 3. The van der Waals surface area contributed by atoms with Crippen LogP contribution in [0.15, 0.2) is 66.7 Å². The summed E-state index contributed by atoms with van der Waals surface area (Å²) in [6.45, 7) is 8.98. The molecule has 0 unspecified atom stereocenters. The van der Waals surface area contributed by atoms with Gasteiger partial charge in [-0.05, 0) is 81.3 Å². The van der Waals surface area contributed by atoms with Crippen molar-refractivity contribution in [2.75, 3.05) is 11.9 Å². The first-order valence-corrected chi connectivity index (χ1v) is 16.3. The number of para-hydroxylation sites is 1. The fraction of sp³-hybridized carbons (Fsp3) is 0.432. The van der Waals surface area contributed by atoms with Gasteiger partial charge in [0.05, 0.1) is 11.0 Å². The number of aryl methyl sites for hydroxylation is 1. The van der Waals surface area contributed by atoms with Crippen LogP contribution in [-0.4, -0.2) is 33.9 Å². The average molecular weight is 611 g/mol. The highest BCUT2D eigenvalue weighted by atomic mass is 16.7. The predicted octanol–water partition coefficient (Wildman–Crippen LogP) is 9.11. The van der Waals surface area contributed by atoms with E-state index in [2.05, 4.69) is 34.3 Å². The number of anilines is 1. The molecule has 2 amide bonds. The smallest absolute Gasteiger partial charge is 0.428 e. The monoisotopic (exact) mass is 610 g/mol. The van der Waals surface area contributed by atoms with Crippen LogP contribution >= 0.6 is 0 Å². The van der Waals surface area contributed by atoms with E-state index in [0.29, 0.717) is 18.2 Å². The second kappa shape index (κ2) is 14.6. The van der Waals surface area contributed by atoms with Crippen LogP contribution in [0.3, 0.4) is 0 Å². The number of amides is 2. The van der Waals surface area contributed by atoms with Crippen molar-refractivity contribution in [1.82, 2.24) is 14.9 Å². The number of nitrogens with one attached hydrogen (secondary N) is 2. The van der Waals surface area contributed by atoms with E-state index in [9.17, 15) is 9.59 Å². The Labute approximate surface area is 266 Å². The summed E-state index contributed by atoms with van der Waals surface area (Å²) in [5, 5.41) is 6.11. The van der Waals surface area contributed by atoms with Crippen LogP contribution in [0.5, 0.6) is 5.75 Å². The zero-order valence-electron chi connectivity index (χ0n) is 27.0. The molecule has 1 aliphatic rings. The van der Waals surface area contributed by atoms with E-state index in [4.69, 9.17) is 14.5 Å². The molecule has 1 aliphatic carbocycles. The minimum Gasteiger partial charge on any atom is -0.428 e. The Bertz CT molecular complexity index is 1600. The molecule has 0 aliphatic heterocycles. The average Bonchev–Trinajstić information content (AvgIpc) is 3.35. The number of ether oxygens (including phenoxy) is 2. The first kappa shape index (κ1) is 32.1. The lowest BCUT2D eigenvalue weighted by Gasteiger charge is -2.21. The van der Waals surface area contributed by atoms with Crippen LogP contribution in [0.25, 0.3) is 22.2 Å². The van der Waals surface area contributed by atoms with Gasteiger partial charge in [-0.15, -0.1) is 0 Å². The Balaban J connectivity index is 1.33. The lowest BCUT2D eigenvalue weighted by molar-refractivity contribution is 0.0207. The molecule has 3 aromatic carbocycles. The Kier molecular flexibility index (Phi) is 10.4. The van der Waals surface area contributed by atoms with Crippen molar-refractivity contribution < 1.29 is 19.1 Å². The molecule has 8 nitrogen and oxygen atoms in total. The Morgan fingerprint density at radius 2 is 1.73 bits per heavy atom. The number of hydrogen-bond acceptors (Lipinski definition) is 5. The molecule has 2 N–H and O–H groups in total. The van der Waals surface area contributed by atoms with Gasteiger partial charge in [-0.1, -0.05) is 75.1 Å². The summed E-state index contributed by atoms with van der Waals surface area (Å²) in [6, 6.07) is 21.5. The fourth-order valence-corrected chi connectivity index (χ4v) is 5.88. The Morgan fingerprint density at radius 3 is 2.47 bits per heavy atom. The third-order valence-corrected chi connectivity index (χ3v) is 8.19. The van der Waals surface area contributed by atoms with Crippen molar-refractivity contribution in [3.8, 4) is 16.9 Å². The molecule has 1 heterocycles. The molecule has 238 valence electrons. The lowest BCUT2D eigenvalue weighted by Crippen LogP contribution is -2.33. The first-order chi connectivity index (χ1) is 21.7. The first-order valence-electron chi connectivity index (χ1n) is 16.3. The number of urea groups is 1. The van der Waals surface area contributed by atoms with Gasteiger partial charge >= 0.3 is 12.2 Å². The summed E-state index contributed by atoms with van der Waals surface area (Å²) >= 11 is 0. The van der Waals surface area contributed by atoms with E-state index >= 15 is 0 Å². The molecular formula is C37H46N4O4. The number of hydrogen-bond donors (Lipinski definition) is 2. The number of unbranched alkanes of at least 4 members (excludes halogenated alkanes) is 1. The number of rotatable bonds is 10. The molecule has 0 radical (unpaired) electrons. The van der Waals surface area contributed by atoms with Crippen LogP contribution in [0.1, 0.15) is 84.0 Å². The summed E-state index contributed by atoms with van der Waals surface area (Å²) in [4.78, 5) is 30.1. The molecule has 8 heteroatoms. The van der Waals surface area contributed by atoms with Crippen LogP contribution < -0.4 is 15.4 Å². The normalized spacial score (nSPS) is 13.9. The maximum Gasteiger partial charge on any atom is 0.514 e. The van der Waals surface area contributed by atoms with Crippen LogP contribution in [0.2, 0.25) is 0 Å². The van der Waals surface area contributed by atoms with Crippen LogP contribution in [-0.2, 0) is 17.7 Å². The maximum atomic E-state index is 12.7. The highest BCUT2D eigenvalue weighted by Crippen LogP contribution is 2.31. The fourth-order valence-electron chi connectivity index (χ4n) is 5.88. The van der Waals surface area contributed by atoms with Gasteiger partial charge in [0.2, 0.25) is 0 Å². The van der Waals surface area contributed by atoms with Crippen molar-refractivity contribution in [1.29, 1.82) is 0 Å². The van der Waals surface area contributed by atoms with E-state index in [1.807, 2.05) is 69.3 Å². The topological polar surface area (TPSA) is 94.5 Å². The van der Waals surface area contributed by atoms with Crippen molar-refractivity contribution in [3.63, 3.8) is 0 Å². The van der Waals surface area contributed by atoms with Gasteiger partial charge in [0.15, 0.2) is 0 Å². The molecule has 1 fully saturated rings. The molecule has 0 atom stereocenters. The molecule has 4 aromatic rings. The molecule has 0 spiro atoms. The van der Waals surface area contributed by atoms with Crippen molar-refractivity contribution in [2.45, 2.75) is 91.2 Å². The van der Waals surface area contributed by atoms with Crippen molar-refractivity contribution >= 4 is 28.9 Å². The zero-order valence-corrected chi connectivity index (χ0v) is 27.0. The molecule has 45 heavy (non-hydrogen) atoms. The minimum absolute atomic E-state index is 0.163. The summed E-state index contributed by atoms with van der Waals surface area (Å²) in [7, 11) is 0. The second-order valence-corrected chi connectivity index (χ2v) is 13.0. The molecule has 0 bridgehead atoms. The molecule has 5 rings (SSSR count). The minimum atomic E-state index is -0.728. The summed E-state index contributed by atoms with van der Waals surface area (Å²) in [5.74, 6) is 2.06. The number of carbonyl (C=O) groups excluding carboxylic acids is 2. The van der Waals surface area contributed by atoms with Gasteiger partial charge in [0.1, 0.15) is 17.2 Å². The lowest BCUT2D eigenvalue weighted by atomic mass is 9.89. The number of aromatic nitrogens is 2. The standard InChI is InChI=1S/C37H46N4O4/c1-5-6-16-34-40-31-22-21-29(39-35(42)38-24-26-12-8-7-9-13-26)23-32(31)41(34)25-27-17-19-28(20-18-27)30-14-10-11-15-33(30)44-36(43)45-37(2,3)4/h10-11,14-15,17-23,26H,5-9,12-13,16,24-25H2,1-4H3,(H2,38,39,42). The Morgan fingerprint density at radius 1 is 0.978 bits per heavy atom. The third-order valence-electron chi connectivity index (χ3n) is 8.19. The number of carbonyl (C=O) groups is 2. The molecular weight excluding hydrogens is 564 g/mol. The van der Waals surface area contributed by atoms with Crippen molar-refractivity contribution in [2.24, 2.45) is 5.92 Å². The molecule has 0 saturated heterocycles. The quantitative estimate of drug-likeness (QED) is 0.138. The summed E-state index contributed by atoms with van der Waals surface area (Å²) < 4.78 is 13.2. The highest BCUT2D eigenvalue weighted by Gasteiger charge is 2.20. The van der Waals surface area contributed by atoms with E-state index in [1.54, 1.807) is 6.07 Å². The van der Waals surface area contributed by atoms with Crippen LogP contribution in [0, 0.1) is 5.92 Å². The number of fused-ring (bicyclic) bond motifs is 1. The Hall–Kier alpha value is -4.33. The maximum absolute atomic E-state index is 12.7. The van der Waals surface area contributed by atoms with Gasteiger partial charge in [-0.25, -0.2) is 14.6 Å². The van der Waals surface area contributed by atoms with E-state index in [1.165, 1.54) is 32.1 Å². The molecule has 1 aromatic heterocycles. The third kappa shape index (κ3) is 8.87. The van der Waals surface area contributed by atoms with Crippen molar-refractivity contribution in [3.05, 3.63) is 78.1 Å². The van der Waals surface area contributed by atoms with Crippen LogP contribution in [0.4, 0.5) is 15.3 Å². The van der Waals surface area contributed by atoms with Gasteiger partial charge in [-0.3, -0.25) is 0 Å².